The van der Waals surface area contributed by atoms with Crippen molar-refractivity contribution in [3.05, 3.63) is 11.6 Å². The number of rotatable bonds is 3. The van der Waals surface area contributed by atoms with Gasteiger partial charge in [0.15, 0.2) is 0 Å². The number of carbonyl (C=O) groups is 2. The first-order valence-corrected chi connectivity index (χ1v) is 5.58. The molecule has 5 nitrogen and oxygen atoms in total. The maximum absolute atomic E-state index is 11.3. The van der Waals surface area contributed by atoms with E-state index in [1.807, 2.05) is 0 Å². The van der Waals surface area contributed by atoms with Gasteiger partial charge in [0, 0.05) is 30.5 Å². The third-order valence-electron chi connectivity index (χ3n) is 3.00. The third kappa shape index (κ3) is 2.41. The van der Waals surface area contributed by atoms with E-state index >= 15 is 0 Å². The summed E-state index contributed by atoms with van der Waals surface area (Å²) in [5.41, 5.74) is 6.54. The first kappa shape index (κ1) is 11.1. The van der Waals surface area contributed by atoms with Crippen LogP contribution in [0.2, 0.25) is 0 Å². The summed E-state index contributed by atoms with van der Waals surface area (Å²) in [5.74, 6) is -0.210. The molecule has 16 heavy (non-hydrogen) atoms. The maximum Gasteiger partial charge on any atom is 0.333 e. The molecule has 2 heterocycles. The molecule has 88 valence electrons. The highest BCUT2D eigenvalue weighted by Crippen LogP contribution is 2.19. The monoisotopic (exact) mass is 224 g/mol. The molecule has 0 aromatic carbocycles. The topological polar surface area (TPSA) is 81.4 Å². The molecule has 3 N–H and O–H groups in total. The second-order valence-corrected chi connectivity index (χ2v) is 4.25. The van der Waals surface area contributed by atoms with Crippen LogP contribution >= 0.6 is 0 Å². The Morgan fingerprint density at radius 3 is 2.94 bits per heavy atom. The van der Waals surface area contributed by atoms with Crippen molar-refractivity contribution >= 4 is 11.9 Å². The van der Waals surface area contributed by atoms with Gasteiger partial charge in [-0.1, -0.05) is 6.08 Å². The number of hydrogen-bond donors (Lipinski definition) is 2. The minimum Gasteiger partial charge on any atom is -0.462 e. The Hall–Kier alpha value is -1.36. The molecule has 1 amide bonds. The molecule has 0 saturated carbocycles. The first-order valence-electron chi connectivity index (χ1n) is 5.58. The molecule has 0 aromatic heterocycles. The van der Waals surface area contributed by atoms with E-state index < -0.39 is 0 Å². The molecule has 2 atom stereocenters. The fraction of sp³-hybridized carbons (Fsp3) is 0.636. The molecular weight excluding hydrogens is 208 g/mol. The molecule has 2 saturated heterocycles. The largest absolute Gasteiger partial charge is 0.462 e. The van der Waals surface area contributed by atoms with Gasteiger partial charge in [0.05, 0.1) is 6.61 Å². The van der Waals surface area contributed by atoms with Gasteiger partial charge in [0.2, 0.25) is 5.91 Å². The van der Waals surface area contributed by atoms with Crippen LogP contribution in [0.5, 0.6) is 0 Å². The zero-order valence-electron chi connectivity index (χ0n) is 9.07. The van der Waals surface area contributed by atoms with Gasteiger partial charge in [-0.25, -0.2) is 4.79 Å². The Morgan fingerprint density at radius 2 is 2.38 bits per heavy atom. The Morgan fingerprint density at radius 1 is 1.56 bits per heavy atom. The van der Waals surface area contributed by atoms with Crippen molar-refractivity contribution in [1.29, 1.82) is 0 Å². The minimum absolute atomic E-state index is 0.00993. The Bertz CT molecular complexity index is 338. The summed E-state index contributed by atoms with van der Waals surface area (Å²) in [7, 11) is 0. The van der Waals surface area contributed by atoms with Crippen LogP contribution in [0.25, 0.3) is 0 Å². The summed E-state index contributed by atoms with van der Waals surface area (Å²) < 4.78 is 4.82. The van der Waals surface area contributed by atoms with E-state index in [1.165, 1.54) is 0 Å². The number of esters is 1. The van der Waals surface area contributed by atoms with Crippen LogP contribution in [0.3, 0.4) is 0 Å². The molecular formula is C11H16N2O3. The van der Waals surface area contributed by atoms with Gasteiger partial charge in [-0.3, -0.25) is 4.79 Å². The number of nitrogens with one attached hydrogen (secondary N) is 1. The smallest absolute Gasteiger partial charge is 0.333 e. The molecule has 2 rings (SSSR count). The van der Waals surface area contributed by atoms with Crippen molar-refractivity contribution in [1.82, 2.24) is 5.32 Å². The number of carbonyl (C=O) groups excluding carboxylic acids is 2. The third-order valence-corrected chi connectivity index (χ3v) is 3.00. The summed E-state index contributed by atoms with van der Waals surface area (Å²) in [5, 5.41) is 2.77. The van der Waals surface area contributed by atoms with E-state index in [2.05, 4.69) is 5.32 Å². The highest BCUT2D eigenvalue weighted by Gasteiger charge is 2.26. The Kier molecular flexibility index (Phi) is 3.24. The van der Waals surface area contributed by atoms with Crippen LogP contribution in [-0.2, 0) is 14.3 Å². The fourth-order valence-corrected chi connectivity index (χ4v) is 2.12. The van der Waals surface area contributed by atoms with Gasteiger partial charge in [0.25, 0.3) is 0 Å². The molecule has 0 spiro atoms. The predicted octanol–water partition coefficient (Wildman–Crippen LogP) is -0.287. The molecule has 0 aliphatic carbocycles. The van der Waals surface area contributed by atoms with Crippen LogP contribution in [-0.4, -0.2) is 31.1 Å². The van der Waals surface area contributed by atoms with Crippen molar-refractivity contribution in [3.8, 4) is 0 Å². The van der Waals surface area contributed by atoms with E-state index in [0.29, 0.717) is 25.0 Å². The van der Waals surface area contributed by atoms with Gasteiger partial charge in [-0.2, -0.15) is 0 Å². The number of ether oxygens (including phenoxy) is 1. The Balaban J connectivity index is 1.90. The molecule has 0 aromatic rings. The number of nitrogens with two attached hydrogens (primary N) is 1. The first-order chi connectivity index (χ1) is 7.66. The number of hydrogen-bond acceptors (Lipinski definition) is 4. The summed E-state index contributed by atoms with van der Waals surface area (Å²) in [4.78, 5) is 22.5. The van der Waals surface area contributed by atoms with E-state index in [-0.39, 0.29) is 23.8 Å². The van der Waals surface area contributed by atoms with E-state index in [4.69, 9.17) is 10.5 Å². The average Bonchev–Trinajstić information content (AvgIpc) is 2.79. The second-order valence-electron chi connectivity index (χ2n) is 4.25. The molecule has 2 aliphatic heterocycles. The van der Waals surface area contributed by atoms with E-state index in [0.717, 1.165) is 13.0 Å². The van der Waals surface area contributed by atoms with Crippen molar-refractivity contribution in [2.45, 2.75) is 25.3 Å². The van der Waals surface area contributed by atoms with Crippen molar-refractivity contribution in [2.75, 3.05) is 13.2 Å². The van der Waals surface area contributed by atoms with Crippen molar-refractivity contribution in [3.63, 3.8) is 0 Å². The lowest BCUT2D eigenvalue weighted by molar-refractivity contribution is -0.135. The zero-order chi connectivity index (χ0) is 11.5. The number of amides is 1. The summed E-state index contributed by atoms with van der Waals surface area (Å²) in [6.07, 6.45) is 3.80. The molecule has 2 fully saturated rings. The summed E-state index contributed by atoms with van der Waals surface area (Å²) in [6, 6.07) is -0.241. The number of cyclic esters (lactones) is 1. The normalized spacial score (nSPS) is 29.3. The fourth-order valence-electron chi connectivity index (χ4n) is 2.12. The maximum atomic E-state index is 11.3. The average molecular weight is 224 g/mol. The summed E-state index contributed by atoms with van der Waals surface area (Å²) >= 11 is 0. The van der Waals surface area contributed by atoms with Gasteiger partial charge in [0.1, 0.15) is 0 Å². The lowest BCUT2D eigenvalue weighted by Gasteiger charge is -2.11. The van der Waals surface area contributed by atoms with Crippen LogP contribution < -0.4 is 11.1 Å². The summed E-state index contributed by atoms with van der Waals surface area (Å²) in [6.45, 7) is 1.18. The van der Waals surface area contributed by atoms with Gasteiger partial charge >= 0.3 is 5.97 Å². The molecule has 2 aliphatic rings. The predicted molar refractivity (Wildman–Crippen MR) is 57.4 cm³/mol. The van der Waals surface area contributed by atoms with Crippen LogP contribution in [0.4, 0.5) is 0 Å². The van der Waals surface area contributed by atoms with Crippen LogP contribution in [0.1, 0.15) is 19.3 Å². The Labute approximate surface area is 94.0 Å². The standard InChI is InChI=1S/C11H16N2O3/c12-9(5-7-1-3-13-10(7)14)6-8-2-4-16-11(8)15/h6-7,9H,1-5,12H2,(H,13,14)/b8-6-/t7-,9?/m0/s1. The van der Waals surface area contributed by atoms with Crippen molar-refractivity contribution in [2.24, 2.45) is 11.7 Å². The minimum atomic E-state index is -0.272. The zero-order valence-corrected chi connectivity index (χ0v) is 9.07. The van der Waals surface area contributed by atoms with Crippen LogP contribution in [0.15, 0.2) is 11.6 Å². The SMILES string of the molecule is NC(/C=C1/CCOC1=O)C[C@@H]1CCNC1=O. The molecule has 1 unspecified atom stereocenters. The molecule has 0 bridgehead atoms. The lowest BCUT2D eigenvalue weighted by atomic mass is 9.97. The highest BCUT2D eigenvalue weighted by atomic mass is 16.5. The van der Waals surface area contributed by atoms with E-state index in [9.17, 15) is 9.59 Å². The van der Waals surface area contributed by atoms with Crippen molar-refractivity contribution < 1.29 is 14.3 Å². The van der Waals surface area contributed by atoms with Crippen LogP contribution in [0, 0.1) is 5.92 Å². The molecule has 0 radical (unpaired) electrons. The van der Waals surface area contributed by atoms with Gasteiger partial charge < -0.3 is 15.8 Å². The van der Waals surface area contributed by atoms with Gasteiger partial charge in [-0.15, -0.1) is 0 Å². The quantitative estimate of drug-likeness (QED) is 0.510. The van der Waals surface area contributed by atoms with Gasteiger partial charge in [-0.05, 0) is 12.8 Å². The lowest BCUT2D eigenvalue weighted by Crippen LogP contribution is -2.27. The highest BCUT2D eigenvalue weighted by molar-refractivity contribution is 5.90. The van der Waals surface area contributed by atoms with E-state index in [1.54, 1.807) is 6.08 Å². The molecule has 5 heteroatoms. The second kappa shape index (κ2) is 4.65.